The van der Waals surface area contributed by atoms with E-state index in [1.165, 1.54) is 0 Å². The van der Waals surface area contributed by atoms with Crippen LogP contribution in [-0.4, -0.2) is 30.2 Å². The molecule has 1 heterocycles. The fourth-order valence-electron chi connectivity index (χ4n) is 1.78. The number of rotatable bonds is 9. The highest BCUT2D eigenvalue weighted by molar-refractivity contribution is 5.75. The number of amides is 1. The molecule has 1 amide bonds. The molecule has 8 heteroatoms. The van der Waals surface area contributed by atoms with Crippen LogP contribution in [0.15, 0.2) is 23.1 Å². The fourth-order valence-corrected chi connectivity index (χ4v) is 1.78. The monoisotopic (exact) mass is 334 g/mol. The Kier molecular flexibility index (Phi) is 7.80. The van der Waals surface area contributed by atoms with Crippen LogP contribution in [-0.2, 0) is 22.3 Å². The Balaban J connectivity index is 2.41. The number of halogens is 3. The highest BCUT2D eigenvalue weighted by atomic mass is 19.4. The molecule has 0 saturated carbocycles. The van der Waals surface area contributed by atoms with Crippen molar-refractivity contribution in [2.45, 2.75) is 38.9 Å². The quantitative estimate of drug-likeness (QED) is 0.704. The number of unbranched alkanes of at least 4 members (excludes halogenated alkanes) is 1. The van der Waals surface area contributed by atoms with Gasteiger partial charge in [0.25, 0.3) is 5.56 Å². The summed E-state index contributed by atoms with van der Waals surface area (Å²) in [7, 11) is 0. The zero-order valence-electron chi connectivity index (χ0n) is 13.0. The Hall–Kier alpha value is -1.83. The fraction of sp³-hybridized carbons (Fsp3) is 0.600. The van der Waals surface area contributed by atoms with Crippen LogP contribution in [0.4, 0.5) is 13.2 Å². The summed E-state index contributed by atoms with van der Waals surface area (Å²) < 4.78 is 43.8. The molecule has 0 unspecified atom stereocenters. The van der Waals surface area contributed by atoms with E-state index >= 15 is 0 Å². The van der Waals surface area contributed by atoms with Crippen LogP contribution in [0.5, 0.6) is 0 Å². The predicted molar refractivity (Wildman–Crippen MR) is 79.1 cm³/mol. The lowest BCUT2D eigenvalue weighted by atomic mass is 10.2. The molecule has 1 N–H and O–H groups in total. The van der Waals surface area contributed by atoms with Crippen LogP contribution < -0.4 is 10.9 Å². The molecule has 0 aromatic carbocycles. The summed E-state index contributed by atoms with van der Waals surface area (Å²) in [6, 6.07) is 1.50. The van der Waals surface area contributed by atoms with Gasteiger partial charge in [0.2, 0.25) is 5.91 Å². The second-order valence-electron chi connectivity index (χ2n) is 5.05. The Morgan fingerprint density at radius 1 is 1.26 bits per heavy atom. The molecule has 0 bridgehead atoms. The number of carbonyl (C=O) groups excluding carboxylic acids is 1. The molecule has 0 spiro atoms. The third-order valence-corrected chi connectivity index (χ3v) is 3.05. The van der Waals surface area contributed by atoms with E-state index < -0.39 is 29.8 Å². The third kappa shape index (κ3) is 7.32. The molecule has 0 atom stereocenters. The van der Waals surface area contributed by atoms with E-state index in [1.807, 2.05) is 0 Å². The summed E-state index contributed by atoms with van der Waals surface area (Å²) >= 11 is 0. The van der Waals surface area contributed by atoms with Crippen molar-refractivity contribution in [3.05, 3.63) is 34.2 Å². The third-order valence-electron chi connectivity index (χ3n) is 3.05. The van der Waals surface area contributed by atoms with Crippen LogP contribution in [0.3, 0.4) is 0 Å². The number of pyridine rings is 1. The first-order valence-electron chi connectivity index (χ1n) is 7.46. The second-order valence-corrected chi connectivity index (χ2v) is 5.05. The molecular weight excluding hydrogens is 313 g/mol. The molecule has 0 fully saturated rings. The maximum atomic E-state index is 12.6. The van der Waals surface area contributed by atoms with E-state index in [0.29, 0.717) is 38.4 Å². The Morgan fingerprint density at radius 3 is 2.61 bits per heavy atom. The standard InChI is InChI=1S/C15H21F3N2O3/c1-2-3-8-23-9-4-7-19-13(21)11-20-10-12(15(16,17)18)5-6-14(20)22/h5-6,10H,2-4,7-9,11H2,1H3,(H,19,21). The normalized spacial score (nSPS) is 11.5. The van der Waals surface area contributed by atoms with E-state index in [0.717, 1.165) is 23.5 Å². The van der Waals surface area contributed by atoms with E-state index in [-0.39, 0.29) is 0 Å². The maximum Gasteiger partial charge on any atom is 0.417 e. The van der Waals surface area contributed by atoms with Gasteiger partial charge in [-0.05, 0) is 18.9 Å². The van der Waals surface area contributed by atoms with Crippen LogP contribution in [0.1, 0.15) is 31.7 Å². The van der Waals surface area contributed by atoms with Crippen LogP contribution in [0.25, 0.3) is 0 Å². The summed E-state index contributed by atoms with van der Waals surface area (Å²) in [5.41, 5.74) is -1.62. The van der Waals surface area contributed by atoms with Gasteiger partial charge in [0.1, 0.15) is 6.54 Å². The number of hydrogen-bond acceptors (Lipinski definition) is 3. The van der Waals surface area contributed by atoms with Crippen LogP contribution in [0, 0.1) is 0 Å². The van der Waals surface area contributed by atoms with E-state index in [2.05, 4.69) is 12.2 Å². The number of hydrogen-bond donors (Lipinski definition) is 1. The van der Waals surface area contributed by atoms with Gasteiger partial charge >= 0.3 is 6.18 Å². The number of carbonyl (C=O) groups is 1. The first kappa shape index (κ1) is 19.2. The SMILES string of the molecule is CCCCOCCCNC(=O)Cn1cc(C(F)(F)F)ccc1=O. The lowest BCUT2D eigenvalue weighted by Gasteiger charge is -2.11. The van der Waals surface area contributed by atoms with Crippen molar-refractivity contribution in [1.82, 2.24) is 9.88 Å². The van der Waals surface area contributed by atoms with Crippen LogP contribution in [0.2, 0.25) is 0 Å². The van der Waals surface area contributed by atoms with Gasteiger partial charge in [-0.3, -0.25) is 9.59 Å². The highest BCUT2D eigenvalue weighted by Crippen LogP contribution is 2.27. The number of alkyl halides is 3. The molecule has 0 saturated heterocycles. The van der Waals surface area contributed by atoms with E-state index in [4.69, 9.17) is 4.74 Å². The summed E-state index contributed by atoms with van der Waals surface area (Å²) in [6.45, 7) is 3.13. The van der Waals surface area contributed by atoms with Gasteiger partial charge in [0.05, 0.1) is 5.56 Å². The van der Waals surface area contributed by atoms with Crippen molar-refractivity contribution < 1.29 is 22.7 Å². The average molecular weight is 334 g/mol. The summed E-state index contributed by atoms with van der Waals surface area (Å²) in [5, 5.41) is 2.55. The van der Waals surface area contributed by atoms with Crippen LogP contribution >= 0.6 is 0 Å². The zero-order chi connectivity index (χ0) is 17.3. The second kappa shape index (κ2) is 9.34. The average Bonchev–Trinajstić information content (AvgIpc) is 2.47. The largest absolute Gasteiger partial charge is 0.417 e. The Labute approximate surface area is 132 Å². The van der Waals surface area contributed by atoms with Crippen molar-refractivity contribution in [1.29, 1.82) is 0 Å². The highest BCUT2D eigenvalue weighted by Gasteiger charge is 2.31. The van der Waals surface area contributed by atoms with Gasteiger partial charge in [0, 0.05) is 32.0 Å². The first-order valence-corrected chi connectivity index (χ1v) is 7.46. The Morgan fingerprint density at radius 2 is 1.96 bits per heavy atom. The van der Waals surface area contributed by atoms with Crippen molar-refractivity contribution in [2.75, 3.05) is 19.8 Å². The molecular formula is C15H21F3N2O3. The maximum absolute atomic E-state index is 12.6. The molecule has 0 aliphatic heterocycles. The zero-order valence-corrected chi connectivity index (χ0v) is 13.0. The molecule has 0 radical (unpaired) electrons. The molecule has 5 nitrogen and oxygen atoms in total. The smallest absolute Gasteiger partial charge is 0.381 e. The Bertz CT molecular complexity index is 556. The topological polar surface area (TPSA) is 60.3 Å². The number of nitrogens with one attached hydrogen (secondary N) is 1. The molecule has 1 rings (SSSR count). The number of aromatic nitrogens is 1. The van der Waals surface area contributed by atoms with Gasteiger partial charge in [-0.25, -0.2) is 0 Å². The summed E-state index contributed by atoms with van der Waals surface area (Å²) in [5.74, 6) is -0.514. The molecule has 0 aliphatic carbocycles. The van der Waals surface area contributed by atoms with E-state index in [9.17, 15) is 22.8 Å². The van der Waals surface area contributed by atoms with Crippen molar-refractivity contribution >= 4 is 5.91 Å². The number of ether oxygens (including phenoxy) is 1. The minimum absolute atomic E-state index is 0.346. The van der Waals surface area contributed by atoms with Gasteiger partial charge < -0.3 is 14.6 Å². The minimum Gasteiger partial charge on any atom is -0.381 e. The lowest BCUT2D eigenvalue weighted by molar-refractivity contribution is -0.138. The molecule has 0 aliphatic rings. The van der Waals surface area contributed by atoms with Crippen molar-refractivity contribution in [2.24, 2.45) is 0 Å². The van der Waals surface area contributed by atoms with E-state index in [1.54, 1.807) is 0 Å². The predicted octanol–water partition coefficient (Wildman–Crippen LogP) is 2.19. The molecule has 130 valence electrons. The van der Waals surface area contributed by atoms with Gasteiger partial charge in [0.15, 0.2) is 0 Å². The van der Waals surface area contributed by atoms with Gasteiger partial charge in [-0.2, -0.15) is 13.2 Å². The molecule has 23 heavy (non-hydrogen) atoms. The summed E-state index contributed by atoms with van der Waals surface area (Å²) in [4.78, 5) is 23.2. The first-order chi connectivity index (χ1) is 10.8. The van der Waals surface area contributed by atoms with Crippen molar-refractivity contribution in [3.63, 3.8) is 0 Å². The molecule has 1 aromatic rings. The van der Waals surface area contributed by atoms with Gasteiger partial charge in [-0.1, -0.05) is 13.3 Å². The minimum atomic E-state index is -4.55. The molecule has 1 aromatic heterocycles. The number of nitrogens with zero attached hydrogens (tertiary/aromatic N) is 1. The van der Waals surface area contributed by atoms with Crippen molar-refractivity contribution in [3.8, 4) is 0 Å². The van der Waals surface area contributed by atoms with Gasteiger partial charge in [-0.15, -0.1) is 0 Å². The lowest BCUT2D eigenvalue weighted by Crippen LogP contribution is -2.33. The summed E-state index contributed by atoms with van der Waals surface area (Å²) in [6.07, 6.45) is -1.28.